The number of ether oxygens (including phenoxy) is 2. The highest BCUT2D eigenvalue weighted by Crippen LogP contribution is 2.34. The minimum absolute atomic E-state index is 0.00769. The van der Waals surface area contributed by atoms with Crippen LogP contribution in [-0.2, 0) is 4.74 Å². The molecule has 0 bridgehead atoms. The van der Waals surface area contributed by atoms with Crippen LogP contribution in [0.2, 0.25) is 0 Å². The Morgan fingerprint density at radius 1 is 1.07 bits per heavy atom. The summed E-state index contributed by atoms with van der Waals surface area (Å²) in [5.74, 6) is 0.0532. The molecule has 1 aliphatic heterocycles. The Morgan fingerprint density at radius 3 is 2.55 bits per heavy atom. The maximum atomic E-state index is 12.7. The van der Waals surface area contributed by atoms with Crippen LogP contribution in [0.15, 0.2) is 39.7 Å². The Labute approximate surface area is 164 Å². The smallest absolute Gasteiger partial charge is 0.229 e. The van der Waals surface area contributed by atoms with Gasteiger partial charge in [0.15, 0.2) is 5.43 Å². The fraction of sp³-hybridized carbons (Fsp3) is 0.350. The van der Waals surface area contributed by atoms with Gasteiger partial charge in [-0.2, -0.15) is 0 Å². The van der Waals surface area contributed by atoms with Crippen molar-refractivity contribution >= 4 is 21.7 Å². The molecule has 4 rings (SSSR count). The predicted molar refractivity (Wildman–Crippen MR) is 101 cm³/mol. The molecule has 5 unspecified atom stereocenters. The molecule has 2 heterocycles. The second-order valence-electron chi connectivity index (χ2n) is 7.04. The minimum atomic E-state index is -1.59. The number of benzene rings is 2. The SMILES string of the molecule is Cc1cc2cc(OC3OC(CO)C(O)C(O)C3O)cc(=O)c2c2occc(O)c12. The van der Waals surface area contributed by atoms with E-state index < -0.39 is 42.7 Å². The third-order valence-corrected chi connectivity index (χ3v) is 5.10. The first-order valence-electron chi connectivity index (χ1n) is 8.97. The molecule has 0 spiro atoms. The van der Waals surface area contributed by atoms with Crippen LogP contribution in [0.4, 0.5) is 0 Å². The fourth-order valence-electron chi connectivity index (χ4n) is 3.63. The van der Waals surface area contributed by atoms with E-state index in [1.807, 2.05) is 0 Å². The molecule has 5 atom stereocenters. The van der Waals surface area contributed by atoms with Crippen molar-refractivity contribution in [1.82, 2.24) is 0 Å². The normalized spacial score (nSPS) is 27.4. The van der Waals surface area contributed by atoms with Gasteiger partial charge < -0.3 is 39.4 Å². The molecule has 0 aliphatic carbocycles. The van der Waals surface area contributed by atoms with Crippen LogP contribution >= 0.6 is 0 Å². The van der Waals surface area contributed by atoms with Gasteiger partial charge in [-0.3, -0.25) is 4.79 Å². The number of fused-ring (bicyclic) bond motifs is 3. The largest absolute Gasteiger partial charge is 0.507 e. The monoisotopic (exact) mass is 404 g/mol. The summed E-state index contributed by atoms with van der Waals surface area (Å²) < 4.78 is 16.3. The zero-order chi connectivity index (χ0) is 20.9. The average Bonchev–Trinajstić information content (AvgIpc) is 2.68. The molecule has 9 heteroatoms. The van der Waals surface area contributed by atoms with Gasteiger partial charge in [0.25, 0.3) is 0 Å². The summed E-state index contributed by atoms with van der Waals surface area (Å²) in [7, 11) is 0. The van der Waals surface area contributed by atoms with Crippen molar-refractivity contribution < 1.29 is 39.4 Å². The highest BCUT2D eigenvalue weighted by molar-refractivity contribution is 6.07. The number of aliphatic hydroxyl groups is 4. The summed E-state index contributed by atoms with van der Waals surface area (Å²) in [6, 6.07) is 5.78. The topological polar surface area (TPSA) is 150 Å². The van der Waals surface area contributed by atoms with Gasteiger partial charge in [-0.1, -0.05) is 6.07 Å². The quantitative estimate of drug-likeness (QED) is 0.384. The van der Waals surface area contributed by atoms with Crippen LogP contribution in [0, 0.1) is 6.92 Å². The van der Waals surface area contributed by atoms with Gasteiger partial charge in [0.1, 0.15) is 41.5 Å². The van der Waals surface area contributed by atoms with E-state index in [1.54, 1.807) is 13.0 Å². The lowest BCUT2D eigenvalue weighted by Gasteiger charge is -2.39. The zero-order valence-corrected chi connectivity index (χ0v) is 15.3. The minimum Gasteiger partial charge on any atom is -0.507 e. The van der Waals surface area contributed by atoms with Crippen molar-refractivity contribution in [3.63, 3.8) is 0 Å². The Balaban J connectivity index is 1.76. The maximum absolute atomic E-state index is 12.7. The summed E-state index contributed by atoms with van der Waals surface area (Å²) in [4.78, 5) is 12.7. The van der Waals surface area contributed by atoms with Crippen LogP contribution < -0.4 is 10.2 Å². The van der Waals surface area contributed by atoms with E-state index >= 15 is 0 Å². The average molecular weight is 404 g/mol. The molecule has 5 N–H and O–H groups in total. The number of aryl methyl sites for hydroxylation is 1. The lowest BCUT2D eigenvalue weighted by atomic mass is 9.99. The molecule has 1 fully saturated rings. The van der Waals surface area contributed by atoms with E-state index in [4.69, 9.17) is 13.9 Å². The van der Waals surface area contributed by atoms with Gasteiger partial charge in [0, 0.05) is 12.1 Å². The zero-order valence-electron chi connectivity index (χ0n) is 15.3. The Hall–Kier alpha value is -2.69. The highest BCUT2D eigenvalue weighted by Gasteiger charge is 2.44. The molecule has 9 nitrogen and oxygen atoms in total. The van der Waals surface area contributed by atoms with Crippen LogP contribution in [0.1, 0.15) is 5.56 Å². The van der Waals surface area contributed by atoms with E-state index in [1.165, 1.54) is 18.4 Å². The molecule has 0 amide bonds. The fourth-order valence-corrected chi connectivity index (χ4v) is 3.63. The van der Waals surface area contributed by atoms with Gasteiger partial charge >= 0.3 is 0 Å². The molecule has 1 aromatic heterocycles. The molecule has 0 saturated carbocycles. The number of hydrogen-bond acceptors (Lipinski definition) is 9. The summed E-state index contributed by atoms with van der Waals surface area (Å²) in [6.07, 6.45) is -5.94. The standard InChI is InChI=1S/C20H20O9/c1-8-4-9-5-10(28-20-18(26)17(25)16(24)13(7-21)29-20)6-12(23)15(9)19-14(8)11(22)2-3-27-19/h2-6,13,16-18,20-22,24-26H,7H2,1H3. The molecule has 0 radical (unpaired) electrons. The lowest BCUT2D eigenvalue weighted by molar-refractivity contribution is -0.277. The van der Waals surface area contributed by atoms with Crippen molar-refractivity contribution in [2.45, 2.75) is 37.6 Å². The van der Waals surface area contributed by atoms with Crippen molar-refractivity contribution in [3.8, 4) is 11.5 Å². The third kappa shape index (κ3) is 3.22. The Morgan fingerprint density at radius 2 is 1.83 bits per heavy atom. The molecular weight excluding hydrogens is 384 g/mol. The van der Waals surface area contributed by atoms with Crippen LogP contribution in [0.3, 0.4) is 0 Å². The van der Waals surface area contributed by atoms with Crippen LogP contribution in [-0.4, -0.2) is 62.8 Å². The van der Waals surface area contributed by atoms with Gasteiger partial charge in [-0.05, 0) is 23.9 Å². The van der Waals surface area contributed by atoms with Gasteiger partial charge in [-0.15, -0.1) is 0 Å². The van der Waals surface area contributed by atoms with Crippen molar-refractivity contribution in [2.24, 2.45) is 0 Å². The van der Waals surface area contributed by atoms with Gasteiger partial charge in [0.05, 0.1) is 23.6 Å². The maximum Gasteiger partial charge on any atom is 0.229 e. The van der Waals surface area contributed by atoms with Crippen molar-refractivity contribution in [2.75, 3.05) is 6.61 Å². The van der Waals surface area contributed by atoms with E-state index in [0.717, 1.165) is 6.07 Å². The second kappa shape index (κ2) is 7.29. The second-order valence-corrected chi connectivity index (χ2v) is 7.04. The number of aliphatic hydroxyl groups excluding tert-OH is 4. The van der Waals surface area contributed by atoms with Crippen LogP contribution in [0.5, 0.6) is 11.5 Å². The van der Waals surface area contributed by atoms with Crippen LogP contribution in [0.25, 0.3) is 21.7 Å². The number of rotatable bonds is 3. The Kier molecular flexibility index (Phi) is 4.93. The molecular formula is C20H20O9. The first-order valence-corrected chi connectivity index (χ1v) is 8.97. The summed E-state index contributed by atoms with van der Waals surface area (Å²) in [5, 5.41) is 50.4. The molecule has 29 heavy (non-hydrogen) atoms. The van der Waals surface area contributed by atoms with E-state index in [9.17, 15) is 30.3 Å². The first-order chi connectivity index (χ1) is 13.8. The van der Waals surface area contributed by atoms with E-state index in [0.29, 0.717) is 16.3 Å². The van der Waals surface area contributed by atoms with Crippen molar-refractivity contribution in [1.29, 1.82) is 0 Å². The molecule has 2 aromatic carbocycles. The Bertz CT molecular complexity index is 1120. The third-order valence-electron chi connectivity index (χ3n) is 5.10. The first kappa shape index (κ1) is 19.6. The predicted octanol–water partition coefficient (Wildman–Crippen LogP) is 0.139. The summed E-state index contributed by atoms with van der Waals surface area (Å²) in [6.45, 7) is 1.16. The number of aromatic hydroxyl groups is 1. The van der Waals surface area contributed by atoms with Gasteiger partial charge in [-0.25, -0.2) is 0 Å². The molecule has 3 aromatic rings. The van der Waals surface area contributed by atoms with E-state index in [-0.39, 0.29) is 22.5 Å². The number of hydrogen-bond donors (Lipinski definition) is 5. The molecule has 1 saturated heterocycles. The summed E-state index contributed by atoms with van der Waals surface area (Å²) in [5.41, 5.74) is 0.476. The van der Waals surface area contributed by atoms with E-state index in [2.05, 4.69) is 0 Å². The molecule has 154 valence electrons. The lowest BCUT2D eigenvalue weighted by Crippen LogP contribution is -2.60. The highest BCUT2D eigenvalue weighted by atomic mass is 16.7. The van der Waals surface area contributed by atoms with Gasteiger partial charge in [0.2, 0.25) is 6.29 Å². The van der Waals surface area contributed by atoms with Crippen molar-refractivity contribution in [3.05, 3.63) is 46.3 Å². The molecule has 1 aliphatic rings. The summed E-state index contributed by atoms with van der Waals surface area (Å²) >= 11 is 0.